The van der Waals surface area contributed by atoms with Crippen LogP contribution in [0, 0.1) is 0 Å². The lowest BCUT2D eigenvalue weighted by Crippen LogP contribution is -2.43. The predicted molar refractivity (Wildman–Crippen MR) is 67.5 cm³/mol. The molecule has 2 rings (SSSR count). The van der Waals surface area contributed by atoms with Gasteiger partial charge in [0, 0.05) is 12.8 Å². The van der Waals surface area contributed by atoms with Crippen LogP contribution in [0.25, 0.3) is 0 Å². The highest BCUT2D eigenvalue weighted by atomic mass is 79.9. The maximum Gasteiger partial charge on any atom is 0.150 e. The number of aliphatic hydroxyl groups excluding tert-OH is 1. The van der Waals surface area contributed by atoms with Crippen LogP contribution in [-0.2, 0) is 15.4 Å². The third kappa shape index (κ3) is 2.71. The van der Waals surface area contributed by atoms with Crippen LogP contribution in [0.2, 0.25) is 0 Å². The lowest BCUT2D eigenvalue weighted by atomic mass is 9.89. The highest BCUT2D eigenvalue weighted by Gasteiger charge is 2.39. The van der Waals surface area contributed by atoms with Crippen LogP contribution < -0.4 is 0 Å². The molecule has 0 aromatic carbocycles. The number of nitrogens with zero attached hydrogens (tertiary/aromatic N) is 2. The summed E-state index contributed by atoms with van der Waals surface area (Å²) >= 11 is 3.33. The normalized spacial score (nSPS) is 22.5. The third-order valence-electron chi connectivity index (χ3n) is 3.37. The number of halogens is 1. The van der Waals surface area contributed by atoms with E-state index < -0.39 is 9.84 Å². The van der Waals surface area contributed by atoms with Gasteiger partial charge in [0.05, 0.1) is 27.7 Å². The first-order valence-electron chi connectivity index (χ1n) is 5.49. The molecule has 0 saturated carbocycles. The van der Waals surface area contributed by atoms with Gasteiger partial charge in [0.1, 0.15) is 0 Å². The van der Waals surface area contributed by atoms with Gasteiger partial charge in [-0.05, 0) is 35.2 Å². The number of hydrogen-bond donors (Lipinski definition) is 1. The zero-order valence-corrected chi connectivity index (χ0v) is 11.7. The Labute approximate surface area is 109 Å². The molecule has 0 spiro atoms. The average molecular weight is 323 g/mol. The van der Waals surface area contributed by atoms with Crippen LogP contribution in [0.15, 0.2) is 16.9 Å². The van der Waals surface area contributed by atoms with Crippen molar-refractivity contribution in [1.29, 1.82) is 0 Å². The van der Waals surface area contributed by atoms with E-state index in [1.165, 1.54) is 0 Å². The van der Waals surface area contributed by atoms with Gasteiger partial charge >= 0.3 is 0 Å². The minimum atomic E-state index is -2.91. The summed E-state index contributed by atoms with van der Waals surface area (Å²) in [6, 6.07) is 0. The summed E-state index contributed by atoms with van der Waals surface area (Å²) in [4.78, 5) is 0. The second-order valence-corrected chi connectivity index (χ2v) is 7.67. The molecule has 1 aromatic heterocycles. The number of sulfone groups is 1. The van der Waals surface area contributed by atoms with Gasteiger partial charge in [0.25, 0.3) is 0 Å². The van der Waals surface area contributed by atoms with E-state index in [0.29, 0.717) is 19.3 Å². The lowest BCUT2D eigenvalue weighted by molar-refractivity contribution is 0.155. The van der Waals surface area contributed by atoms with Crippen molar-refractivity contribution in [3.8, 4) is 0 Å². The van der Waals surface area contributed by atoms with Crippen LogP contribution in [-0.4, -0.2) is 41.4 Å². The second kappa shape index (κ2) is 4.70. The van der Waals surface area contributed by atoms with E-state index in [9.17, 15) is 13.5 Å². The van der Waals surface area contributed by atoms with Crippen LogP contribution in [0.4, 0.5) is 0 Å². The molecule has 1 aliphatic rings. The van der Waals surface area contributed by atoms with Crippen LogP contribution >= 0.6 is 15.9 Å². The third-order valence-corrected chi connectivity index (χ3v) is 5.43. The highest BCUT2D eigenvalue weighted by Crippen LogP contribution is 2.34. The Morgan fingerprint density at radius 2 is 2.12 bits per heavy atom. The SMILES string of the molecule is O=S1(=O)CCC(CCO)(n2cc(Br)cn2)CC1. The molecule has 0 atom stereocenters. The summed E-state index contributed by atoms with van der Waals surface area (Å²) < 4.78 is 25.6. The fourth-order valence-electron chi connectivity index (χ4n) is 2.28. The van der Waals surface area contributed by atoms with Crippen molar-refractivity contribution in [3.05, 3.63) is 16.9 Å². The monoisotopic (exact) mass is 322 g/mol. The molecule has 17 heavy (non-hydrogen) atoms. The van der Waals surface area contributed by atoms with E-state index in [2.05, 4.69) is 21.0 Å². The smallest absolute Gasteiger partial charge is 0.150 e. The molecule has 0 radical (unpaired) electrons. The van der Waals surface area contributed by atoms with Gasteiger partial charge in [-0.1, -0.05) is 0 Å². The van der Waals surface area contributed by atoms with Gasteiger partial charge in [0.2, 0.25) is 0 Å². The predicted octanol–water partition coefficient (Wildman–Crippen LogP) is 0.932. The fraction of sp³-hybridized carbons (Fsp3) is 0.700. The van der Waals surface area contributed by atoms with Gasteiger partial charge < -0.3 is 5.11 Å². The van der Waals surface area contributed by atoms with Crippen molar-refractivity contribution >= 4 is 25.8 Å². The topological polar surface area (TPSA) is 72.2 Å². The van der Waals surface area contributed by atoms with Crippen LogP contribution in [0.3, 0.4) is 0 Å². The molecule has 0 unspecified atom stereocenters. The summed E-state index contributed by atoms with van der Waals surface area (Å²) in [5.74, 6) is 0.342. The molecular weight excluding hydrogens is 308 g/mol. The minimum Gasteiger partial charge on any atom is -0.396 e. The number of aromatic nitrogens is 2. The standard InChI is InChI=1S/C10H15BrN2O3S/c11-9-7-12-13(8-9)10(1-4-14)2-5-17(15,16)6-3-10/h7-8,14H,1-6H2. The summed E-state index contributed by atoms with van der Waals surface area (Å²) in [5, 5.41) is 13.4. The number of hydrogen-bond acceptors (Lipinski definition) is 4. The Kier molecular flexibility index (Phi) is 3.61. The summed E-state index contributed by atoms with van der Waals surface area (Å²) in [5.41, 5.74) is -0.355. The largest absolute Gasteiger partial charge is 0.396 e. The molecule has 0 amide bonds. The Morgan fingerprint density at radius 3 is 2.59 bits per heavy atom. The van der Waals surface area contributed by atoms with Gasteiger partial charge in [0.15, 0.2) is 9.84 Å². The fourth-order valence-corrected chi connectivity index (χ4v) is 4.15. The van der Waals surface area contributed by atoms with E-state index >= 15 is 0 Å². The molecular formula is C10H15BrN2O3S. The first-order chi connectivity index (χ1) is 7.97. The van der Waals surface area contributed by atoms with Crippen molar-refractivity contribution in [3.63, 3.8) is 0 Å². The zero-order chi connectivity index (χ0) is 12.5. The number of aliphatic hydroxyl groups is 1. The first-order valence-corrected chi connectivity index (χ1v) is 8.11. The second-order valence-electron chi connectivity index (χ2n) is 4.45. The molecule has 1 aliphatic heterocycles. The van der Waals surface area contributed by atoms with Gasteiger partial charge in [-0.3, -0.25) is 4.68 Å². The Bertz CT molecular complexity index is 483. The molecule has 1 aromatic rings. The molecule has 1 N–H and O–H groups in total. The lowest BCUT2D eigenvalue weighted by Gasteiger charge is -2.37. The van der Waals surface area contributed by atoms with E-state index in [4.69, 9.17) is 0 Å². The zero-order valence-electron chi connectivity index (χ0n) is 9.34. The van der Waals surface area contributed by atoms with E-state index in [1.807, 2.05) is 6.20 Å². The first kappa shape index (κ1) is 13.0. The van der Waals surface area contributed by atoms with E-state index in [1.54, 1.807) is 10.9 Å². The van der Waals surface area contributed by atoms with Gasteiger partial charge in [-0.25, -0.2) is 8.42 Å². The van der Waals surface area contributed by atoms with E-state index in [0.717, 1.165) is 4.47 Å². The summed E-state index contributed by atoms with van der Waals surface area (Å²) in [6.45, 7) is 0.0392. The maximum absolute atomic E-state index is 11.5. The average Bonchev–Trinajstić information content (AvgIpc) is 2.69. The minimum absolute atomic E-state index is 0.0392. The van der Waals surface area contributed by atoms with Crippen molar-refractivity contribution in [1.82, 2.24) is 9.78 Å². The van der Waals surface area contributed by atoms with E-state index in [-0.39, 0.29) is 23.7 Å². The molecule has 0 bridgehead atoms. The quantitative estimate of drug-likeness (QED) is 0.898. The van der Waals surface area contributed by atoms with Crippen molar-refractivity contribution in [2.24, 2.45) is 0 Å². The van der Waals surface area contributed by atoms with Crippen molar-refractivity contribution in [2.75, 3.05) is 18.1 Å². The van der Waals surface area contributed by atoms with Crippen LogP contribution in [0.1, 0.15) is 19.3 Å². The molecule has 0 aliphatic carbocycles. The molecule has 1 fully saturated rings. The number of rotatable bonds is 3. The van der Waals surface area contributed by atoms with Crippen molar-refractivity contribution in [2.45, 2.75) is 24.8 Å². The van der Waals surface area contributed by atoms with Crippen LogP contribution in [0.5, 0.6) is 0 Å². The Hall–Kier alpha value is -0.400. The summed E-state index contributed by atoms with van der Waals surface area (Å²) in [6.07, 6.45) is 5.10. The van der Waals surface area contributed by atoms with Crippen molar-refractivity contribution < 1.29 is 13.5 Å². The molecule has 7 heteroatoms. The van der Waals surface area contributed by atoms with Gasteiger partial charge in [-0.15, -0.1) is 0 Å². The molecule has 5 nitrogen and oxygen atoms in total. The van der Waals surface area contributed by atoms with Gasteiger partial charge in [-0.2, -0.15) is 5.10 Å². The Morgan fingerprint density at radius 1 is 1.47 bits per heavy atom. The highest BCUT2D eigenvalue weighted by molar-refractivity contribution is 9.10. The Balaban J connectivity index is 2.28. The maximum atomic E-state index is 11.5. The molecule has 96 valence electrons. The molecule has 2 heterocycles. The molecule has 1 saturated heterocycles. The summed E-state index contributed by atoms with van der Waals surface area (Å²) in [7, 11) is -2.91.